The van der Waals surface area contributed by atoms with E-state index in [4.69, 9.17) is 61.6 Å². The molecule has 3 rings (SSSR count). The molecule has 0 aromatic heterocycles. The van der Waals surface area contributed by atoms with Gasteiger partial charge in [-0.15, -0.1) is 0 Å². The fourth-order valence-electron chi connectivity index (χ4n) is 5.56. The summed E-state index contributed by atoms with van der Waals surface area (Å²) in [6.07, 6.45) is 0.743. The van der Waals surface area contributed by atoms with Crippen LogP contribution in [0.2, 0.25) is 0 Å². The first kappa shape index (κ1) is 49.8. The van der Waals surface area contributed by atoms with Crippen molar-refractivity contribution in [3.05, 3.63) is 72.3 Å². The summed E-state index contributed by atoms with van der Waals surface area (Å²) in [6, 6.07) is 16.6. The molecule has 2 aromatic rings. The first-order valence-corrected chi connectivity index (χ1v) is 20.3. The highest BCUT2D eigenvalue weighted by molar-refractivity contribution is 5.81. The fourth-order valence-corrected chi connectivity index (χ4v) is 5.56. The summed E-state index contributed by atoms with van der Waals surface area (Å²) in [4.78, 5) is 25.0. The number of rotatable bonds is 39. The minimum Gasteiger partial charge on any atom is -0.460 e. The summed E-state index contributed by atoms with van der Waals surface area (Å²) < 4.78 is 70.7. The van der Waals surface area contributed by atoms with E-state index in [9.17, 15) is 9.59 Å². The summed E-state index contributed by atoms with van der Waals surface area (Å²) in [7, 11) is 1.71. The molecule has 1 amide bonds. The smallest absolute Gasteiger partial charge is 0.409 e. The number of esters is 1. The van der Waals surface area contributed by atoms with Crippen molar-refractivity contribution in [1.82, 2.24) is 4.90 Å². The lowest BCUT2D eigenvalue weighted by Gasteiger charge is -2.19. The minimum atomic E-state index is -0.464. The maximum atomic E-state index is 12.6. The first-order chi connectivity index (χ1) is 29.1. The number of likely N-dealkylation sites (N-methyl/N-ethyl adjacent to an activating group) is 1. The number of nitrogens with zero attached hydrogens (tertiary/aromatic N) is 1. The molecule has 0 saturated heterocycles. The monoisotopic (exact) mass is 835 g/mol. The number of fused-ring (bicyclic) bond motifs is 3. The molecule has 0 N–H and O–H groups in total. The number of amides is 1. The van der Waals surface area contributed by atoms with Crippen molar-refractivity contribution in [3.63, 3.8) is 0 Å². The van der Waals surface area contributed by atoms with Crippen LogP contribution in [-0.4, -0.2) is 189 Å². The lowest BCUT2D eigenvalue weighted by atomic mass is 9.98. The third-order valence-corrected chi connectivity index (χ3v) is 8.58. The van der Waals surface area contributed by atoms with Gasteiger partial charge >= 0.3 is 12.1 Å². The van der Waals surface area contributed by atoms with Gasteiger partial charge in [0.1, 0.15) is 13.2 Å². The molecule has 59 heavy (non-hydrogen) atoms. The van der Waals surface area contributed by atoms with Crippen LogP contribution in [0, 0.1) is 0 Å². The van der Waals surface area contributed by atoms with E-state index < -0.39 is 5.97 Å². The van der Waals surface area contributed by atoms with Gasteiger partial charge in [0.2, 0.25) is 0 Å². The summed E-state index contributed by atoms with van der Waals surface area (Å²) in [5.41, 5.74) is 4.78. The lowest BCUT2D eigenvalue weighted by molar-refractivity contribution is -0.139. The quantitative estimate of drug-likeness (QED) is 0.0544. The van der Waals surface area contributed by atoms with Crippen molar-refractivity contribution >= 4 is 12.1 Å². The second kappa shape index (κ2) is 34.2. The Bertz CT molecular complexity index is 1340. The van der Waals surface area contributed by atoms with E-state index in [1.807, 2.05) is 24.3 Å². The van der Waals surface area contributed by atoms with E-state index in [0.29, 0.717) is 159 Å². The molecule has 0 bridgehead atoms. The Morgan fingerprint density at radius 1 is 0.475 bits per heavy atom. The van der Waals surface area contributed by atoms with Gasteiger partial charge in [-0.1, -0.05) is 55.1 Å². The summed E-state index contributed by atoms with van der Waals surface area (Å²) in [5, 5.41) is 0. The van der Waals surface area contributed by atoms with Gasteiger partial charge in [0, 0.05) is 25.6 Å². The number of hydrogen-bond donors (Lipinski definition) is 0. The highest BCUT2D eigenvalue weighted by Gasteiger charge is 2.29. The fraction of sp³-hybridized carbons (Fsp3) is 0.628. The van der Waals surface area contributed by atoms with Crippen molar-refractivity contribution in [1.29, 1.82) is 0 Å². The van der Waals surface area contributed by atoms with Gasteiger partial charge in [0.15, 0.2) is 0 Å². The molecule has 0 radical (unpaired) electrons. The van der Waals surface area contributed by atoms with Crippen LogP contribution in [-0.2, 0) is 66.4 Å². The van der Waals surface area contributed by atoms with Crippen LogP contribution in [0.5, 0.6) is 0 Å². The number of benzene rings is 2. The van der Waals surface area contributed by atoms with Crippen molar-refractivity contribution < 1.29 is 71.2 Å². The SMILES string of the molecule is C=CC(=O)OCCOCCOCCOCCOCCOCCOCCOCCOCCOCCOCCOCCN(C)C(=O)OCC1c2ccccc2-c2ccccc21. The zero-order chi connectivity index (χ0) is 41.9. The van der Waals surface area contributed by atoms with E-state index in [1.165, 1.54) is 27.2 Å². The molecule has 2 aromatic carbocycles. The maximum Gasteiger partial charge on any atom is 0.409 e. The van der Waals surface area contributed by atoms with Crippen LogP contribution >= 0.6 is 0 Å². The average molecular weight is 836 g/mol. The predicted molar refractivity (Wildman–Crippen MR) is 218 cm³/mol. The molecular formula is C43H65NO15. The lowest BCUT2D eigenvalue weighted by Crippen LogP contribution is -2.32. The largest absolute Gasteiger partial charge is 0.460 e. The van der Waals surface area contributed by atoms with E-state index in [-0.39, 0.29) is 18.6 Å². The molecule has 0 unspecified atom stereocenters. The van der Waals surface area contributed by atoms with Gasteiger partial charge in [-0.3, -0.25) is 0 Å². The highest BCUT2D eigenvalue weighted by Crippen LogP contribution is 2.44. The van der Waals surface area contributed by atoms with Crippen LogP contribution in [0.3, 0.4) is 0 Å². The molecule has 332 valence electrons. The summed E-state index contributed by atoms with van der Waals surface area (Å²) in [5.74, 6) is -0.430. The third kappa shape index (κ3) is 23.2. The molecule has 0 fully saturated rings. The normalized spacial score (nSPS) is 12.0. The zero-order valence-corrected chi connectivity index (χ0v) is 34.7. The number of carbonyl (C=O) groups is 2. The van der Waals surface area contributed by atoms with Crippen LogP contribution in [0.1, 0.15) is 17.0 Å². The Hall–Kier alpha value is -3.52. The molecule has 1 aliphatic carbocycles. The van der Waals surface area contributed by atoms with Gasteiger partial charge in [0.05, 0.1) is 145 Å². The standard InChI is InChI=1S/C43H65NO15/c1-3-42(45)58-35-34-57-33-32-56-31-30-55-29-28-54-27-26-53-25-24-52-23-22-51-21-20-50-19-18-49-17-16-48-15-14-47-13-12-44(2)43(46)59-36-41-39-10-6-4-8-37(39)38-9-5-7-11-40(38)41/h3-11,41H,1,12-36H2,2H3. The van der Waals surface area contributed by atoms with Crippen molar-refractivity contribution in [2.24, 2.45) is 0 Å². The van der Waals surface area contributed by atoms with E-state index in [2.05, 4.69) is 30.8 Å². The highest BCUT2D eigenvalue weighted by atomic mass is 16.6. The Kier molecular flexibility index (Phi) is 28.9. The van der Waals surface area contributed by atoms with Gasteiger partial charge in [-0.05, 0) is 22.3 Å². The Labute approximate surface area is 349 Å². The average Bonchev–Trinajstić information content (AvgIpc) is 3.58. The molecule has 16 nitrogen and oxygen atoms in total. The van der Waals surface area contributed by atoms with Gasteiger partial charge < -0.3 is 66.5 Å². The molecule has 16 heteroatoms. The second-order valence-corrected chi connectivity index (χ2v) is 12.8. The number of hydrogen-bond acceptors (Lipinski definition) is 15. The van der Waals surface area contributed by atoms with Crippen LogP contribution in [0.25, 0.3) is 11.1 Å². The Balaban J connectivity index is 0.949. The van der Waals surface area contributed by atoms with Gasteiger partial charge in [-0.25, -0.2) is 9.59 Å². The molecular weight excluding hydrogens is 770 g/mol. The molecule has 1 aliphatic rings. The first-order valence-electron chi connectivity index (χ1n) is 20.3. The predicted octanol–water partition coefficient (Wildman–Crippen LogP) is 3.78. The molecule has 0 saturated carbocycles. The molecule has 0 heterocycles. The maximum absolute atomic E-state index is 12.6. The van der Waals surface area contributed by atoms with Crippen molar-refractivity contribution in [3.8, 4) is 11.1 Å². The Morgan fingerprint density at radius 2 is 0.780 bits per heavy atom. The van der Waals surface area contributed by atoms with E-state index >= 15 is 0 Å². The minimum absolute atomic E-state index is 0.0335. The van der Waals surface area contributed by atoms with Gasteiger partial charge in [-0.2, -0.15) is 0 Å². The van der Waals surface area contributed by atoms with Crippen molar-refractivity contribution in [2.45, 2.75) is 5.92 Å². The van der Waals surface area contributed by atoms with E-state index in [1.54, 1.807) is 7.05 Å². The topological polar surface area (TPSA) is 157 Å². The zero-order valence-electron chi connectivity index (χ0n) is 34.7. The Morgan fingerprint density at radius 3 is 1.12 bits per heavy atom. The van der Waals surface area contributed by atoms with Crippen LogP contribution < -0.4 is 0 Å². The number of ether oxygens (including phenoxy) is 13. The second-order valence-electron chi connectivity index (χ2n) is 12.8. The van der Waals surface area contributed by atoms with Crippen LogP contribution in [0.15, 0.2) is 61.2 Å². The molecule has 0 aliphatic heterocycles. The summed E-state index contributed by atoms with van der Waals surface area (Å²) in [6.45, 7) is 14.2. The van der Waals surface area contributed by atoms with E-state index in [0.717, 1.165) is 6.08 Å². The van der Waals surface area contributed by atoms with Gasteiger partial charge in [0.25, 0.3) is 0 Å². The van der Waals surface area contributed by atoms with Crippen molar-refractivity contribution in [2.75, 3.05) is 172 Å². The molecule has 0 atom stereocenters. The summed E-state index contributed by atoms with van der Waals surface area (Å²) >= 11 is 0. The molecule has 0 spiro atoms. The number of carbonyl (C=O) groups excluding carboxylic acids is 2. The van der Waals surface area contributed by atoms with Crippen LogP contribution in [0.4, 0.5) is 4.79 Å². The third-order valence-electron chi connectivity index (χ3n) is 8.58.